The minimum atomic E-state index is -0.728. The number of hydrogen-bond acceptors (Lipinski definition) is 8. The van der Waals surface area contributed by atoms with E-state index in [1.54, 1.807) is 58.0 Å². The fraction of sp³-hybridized carbons (Fsp3) is 0.300. The van der Waals surface area contributed by atoms with Gasteiger partial charge in [0.25, 0.3) is 0 Å². The van der Waals surface area contributed by atoms with Gasteiger partial charge in [-0.3, -0.25) is 15.1 Å². The Hall–Kier alpha value is -4.73. The van der Waals surface area contributed by atoms with E-state index in [1.807, 2.05) is 48.5 Å². The first-order chi connectivity index (χ1) is 19.0. The smallest absolute Gasteiger partial charge is 0.412 e. The molecule has 2 aromatic carbocycles. The monoisotopic (exact) mass is 543 g/mol. The van der Waals surface area contributed by atoms with Crippen LogP contribution in [0.3, 0.4) is 0 Å². The number of carbonyl (C=O) groups excluding carboxylic acids is 2. The molecule has 1 unspecified atom stereocenters. The highest BCUT2D eigenvalue weighted by molar-refractivity contribution is 5.93. The normalized spacial score (nSPS) is 12.0. The Morgan fingerprint density at radius 2 is 1.77 bits per heavy atom. The number of pyridine rings is 1. The second-order valence-electron chi connectivity index (χ2n) is 10.4. The fourth-order valence-electron chi connectivity index (χ4n) is 4.18. The van der Waals surface area contributed by atoms with E-state index in [0.29, 0.717) is 23.2 Å². The van der Waals surface area contributed by atoms with Crippen molar-refractivity contribution in [2.24, 2.45) is 0 Å². The summed E-state index contributed by atoms with van der Waals surface area (Å²) < 4.78 is 10.9. The van der Waals surface area contributed by atoms with Gasteiger partial charge in [-0.1, -0.05) is 36.4 Å². The van der Waals surface area contributed by atoms with Crippen molar-refractivity contribution in [1.29, 1.82) is 0 Å². The molecule has 1 atom stereocenters. The van der Waals surface area contributed by atoms with Gasteiger partial charge in [-0.05, 0) is 63.1 Å². The van der Waals surface area contributed by atoms with Gasteiger partial charge in [0.05, 0.1) is 23.1 Å². The molecular formula is C30H33N5O5. The number of likely N-dealkylation sites (N-methyl/N-ethyl adjacent to an activating group) is 1. The number of hydrogen-bond donors (Lipinski definition) is 2. The highest BCUT2D eigenvalue weighted by Gasteiger charge is 2.27. The van der Waals surface area contributed by atoms with E-state index in [0.717, 1.165) is 11.3 Å². The zero-order chi connectivity index (χ0) is 28.9. The first-order valence-electron chi connectivity index (χ1n) is 12.9. The molecule has 10 nitrogen and oxygen atoms in total. The molecule has 0 aliphatic heterocycles. The highest BCUT2D eigenvalue weighted by Crippen LogP contribution is 2.25. The van der Waals surface area contributed by atoms with Gasteiger partial charge in [-0.2, -0.15) is 4.98 Å². The Morgan fingerprint density at radius 1 is 1.05 bits per heavy atom. The van der Waals surface area contributed by atoms with E-state index >= 15 is 0 Å². The predicted molar refractivity (Wildman–Crippen MR) is 153 cm³/mol. The number of carbonyl (C=O) groups is 2. The van der Waals surface area contributed by atoms with Crippen LogP contribution in [0.25, 0.3) is 10.9 Å². The van der Waals surface area contributed by atoms with Gasteiger partial charge in [0.2, 0.25) is 5.91 Å². The molecule has 2 aromatic heterocycles. The lowest BCUT2D eigenvalue weighted by Gasteiger charge is -2.27. The summed E-state index contributed by atoms with van der Waals surface area (Å²) in [4.78, 5) is 49.2. The zero-order valence-corrected chi connectivity index (χ0v) is 23.2. The molecule has 0 radical (unpaired) electrons. The number of aryl methyl sites for hydroxylation is 1. The van der Waals surface area contributed by atoms with Crippen molar-refractivity contribution < 1.29 is 18.7 Å². The number of anilines is 2. The quantitative estimate of drug-likeness (QED) is 0.330. The zero-order valence-electron chi connectivity index (χ0n) is 23.2. The van der Waals surface area contributed by atoms with Gasteiger partial charge in [-0.15, -0.1) is 0 Å². The summed E-state index contributed by atoms with van der Waals surface area (Å²) in [5.74, 6) is -0.269. The van der Waals surface area contributed by atoms with Crippen LogP contribution in [0.4, 0.5) is 16.5 Å². The lowest BCUT2D eigenvalue weighted by atomic mass is 10.0. The van der Waals surface area contributed by atoms with Crippen molar-refractivity contribution in [3.63, 3.8) is 0 Å². The third-order valence-corrected chi connectivity index (χ3v) is 6.20. The van der Waals surface area contributed by atoms with Crippen LogP contribution >= 0.6 is 0 Å². The van der Waals surface area contributed by atoms with Crippen molar-refractivity contribution in [3.05, 3.63) is 94.1 Å². The van der Waals surface area contributed by atoms with E-state index in [2.05, 4.69) is 20.6 Å². The SMILES string of the molecule is Cc1c(NC(=O)OC(C)(C)C)ccc2nc(N(C)C(Cc3ccccc3)C(=O)NCc3ccccn3)oc(=O)c12. The van der Waals surface area contributed by atoms with Crippen LogP contribution in [-0.2, 0) is 22.5 Å². The molecule has 2 heterocycles. The molecule has 2 amide bonds. The number of ether oxygens (including phenoxy) is 1. The molecular weight excluding hydrogens is 510 g/mol. The van der Waals surface area contributed by atoms with E-state index in [4.69, 9.17) is 9.15 Å². The largest absolute Gasteiger partial charge is 0.444 e. The summed E-state index contributed by atoms with van der Waals surface area (Å²) in [6.07, 6.45) is 1.38. The molecule has 0 saturated heterocycles. The number of fused-ring (bicyclic) bond motifs is 1. The summed E-state index contributed by atoms with van der Waals surface area (Å²) in [5.41, 5.74) is 1.63. The van der Waals surface area contributed by atoms with Crippen molar-refractivity contribution >= 4 is 34.6 Å². The summed E-state index contributed by atoms with van der Waals surface area (Å²) in [6, 6.07) is 17.6. The number of nitrogens with one attached hydrogen (secondary N) is 2. The first-order valence-corrected chi connectivity index (χ1v) is 12.9. The van der Waals surface area contributed by atoms with Crippen molar-refractivity contribution in [2.75, 3.05) is 17.3 Å². The first kappa shape index (κ1) is 28.3. The predicted octanol–water partition coefficient (Wildman–Crippen LogP) is 4.60. The van der Waals surface area contributed by atoms with Crippen LogP contribution in [0.2, 0.25) is 0 Å². The second-order valence-corrected chi connectivity index (χ2v) is 10.4. The third-order valence-electron chi connectivity index (χ3n) is 6.20. The van der Waals surface area contributed by atoms with Gasteiger partial charge < -0.3 is 19.4 Å². The van der Waals surface area contributed by atoms with Crippen LogP contribution in [-0.4, -0.2) is 40.7 Å². The van der Waals surface area contributed by atoms with E-state index < -0.39 is 23.4 Å². The van der Waals surface area contributed by atoms with Crippen LogP contribution in [0.1, 0.15) is 37.6 Å². The molecule has 4 aromatic rings. The van der Waals surface area contributed by atoms with Gasteiger partial charge in [0, 0.05) is 25.4 Å². The van der Waals surface area contributed by atoms with Crippen molar-refractivity contribution in [1.82, 2.24) is 15.3 Å². The van der Waals surface area contributed by atoms with Crippen molar-refractivity contribution in [2.45, 2.75) is 52.3 Å². The highest BCUT2D eigenvalue weighted by atomic mass is 16.6. The average molecular weight is 544 g/mol. The van der Waals surface area contributed by atoms with Crippen LogP contribution in [0.5, 0.6) is 0 Å². The molecule has 0 spiro atoms. The van der Waals surface area contributed by atoms with Gasteiger partial charge in [0.15, 0.2) is 0 Å². The number of nitrogens with zero attached hydrogens (tertiary/aromatic N) is 3. The Balaban J connectivity index is 1.62. The van der Waals surface area contributed by atoms with E-state index in [-0.39, 0.29) is 23.9 Å². The topological polar surface area (TPSA) is 127 Å². The van der Waals surface area contributed by atoms with Crippen LogP contribution in [0, 0.1) is 6.92 Å². The standard InChI is InChI=1S/C30H33N5O5/c1-19-22(34-29(38)40-30(2,3)4)14-15-23-25(19)27(37)39-28(33-23)35(5)24(17-20-11-7-6-8-12-20)26(36)32-18-21-13-9-10-16-31-21/h6-16,24H,17-18H2,1-5H3,(H,32,36)(H,34,38). The number of amides is 2. The maximum atomic E-state index is 13.4. The Kier molecular flexibility index (Phi) is 8.47. The molecule has 10 heteroatoms. The molecule has 0 aliphatic rings. The molecule has 0 saturated carbocycles. The Bertz CT molecular complexity index is 1550. The minimum Gasteiger partial charge on any atom is -0.444 e. The number of benzene rings is 2. The van der Waals surface area contributed by atoms with Gasteiger partial charge in [-0.25, -0.2) is 9.59 Å². The lowest BCUT2D eigenvalue weighted by molar-refractivity contribution is -0.122. The summed E-state index contributed by atoms with van der Waals surface area (Å²) in [7, 11) is 1.66. The Labute approximate surface area is 232 Å². The van der Waals surface area contributed by atoms with Gasteiger partial charge in [0.1, 0.15) is 11.6 Å². The van der Waals surface area contributed by atoms with Gasteiger partial charge >= 0.3 is 17.7 Å². The lowest BCUT2D eigenvalue weighted by Crippen LogP contribution is -2.47. The summed E-state index contributed by atoms with van der Waals surface area (Å²) >= 11 is 0. The molecule has 0 aliphatic carbocycles. The van der Waals surface area contributed by atoms with E-state index in [9.17, 15) is 14.4 Å². The molecule has 4 rings (SSSR count). The molecule has 40 heavy (non-hydrogen) atoms. The molecule has 0 fully saturated rings. The number of rotatable bonds is 8. The van der Waals surface area contributed by atoms with E-state index in [1.165, 1.54) is 0 Å². The molecule has 0 bridgehead atoms. The number of aromatic nitrogens is 2. The Morgan fingerprint density at radius 3 is 2.45 bits per heavy atom. The third kappa shape index (κ3) is 7.02. The second kappa shape index (κ2) is 12.0. The maximum Gasteiger partial charge on any atom is 0.412 e. The summed E-state index contributed by atoms with van der Waals surface area (Å²) in [6.45, 7) is 7.24. The molecule has 208 valence electrons. The average Bonchev–Trinajstić information content (AvgIpc) is 2.91. The van der Waals surface area contributed by atoms with Crippen LogP contribution in [0.15, 0.2) is 76.1 Å². The summed E-state index contributed by atoms with van der Waals surface area (Å²) in [5, 5.41) is 5.83. The molecule has 2 N–H and O–H groups in total. The van der Waals surface area contributed by atoms with Crippen molar-refractivity contribution in [3.8, 4) is 0 Å². The fourth-order valence-corrected chi connectivity index (χ4v) is 4.18. The maximum absolute atomic E-state index is 13.4. The van der Waals surface area contributed by atoms with Crippen LogP contribution < -0.4 is 21.2 Å². The minimum absolute atomic E-state index is 0.00123.